The van der Waals surface area contributed by atoms with Crippen molar-refractivity contribution in [2.24, 2.45) is 22.1 Å². The Labute approximate surface area is 120 Å². The molecule has 1 atom stereocenters. The summed E-state index contributed by atoms with van der Waals surface area (Å²) in [6, 6.07) is 0. The average Bonchev–Trinajstić information content (AvgIpc) is 2.43. The lowest BCUT2D eigenvalue weighted by molar-refractivity contribution is 0.126. The maximum atomic E-state index is 11.3. The van der Waals surface area contributed by atoms with Gasteiger partial charge in [0.05, 0.1) is 13.2 Å². The van der Waals surface area contributed by atoms with Crippen LogP contribution in [-0.2, 0) is 9.47 Å². The number of hydrogen-bond donors (Lipinski definition) is 0. The molecule has 6 heteroatoms. The van der Waals surface area contributed by atoms with Gasteiger partial charge in [-0.1, -0.05) is 57.2 Å². The summed E-state index contributed by atoms with van der Waals surface area (Å²) in [7, 11) is 0. The highest BCUT2D eigenvalue weighted by Gasteiger charge is 2.10. The van der Waals surface area contributed by atoms with Gasteiger partial charge in [0.2, 0.25) is 0 Å². The van der Waals surface area contributed by atoms with Crippen molar-refractivity contribution in [1.82, 2.24) is 0 Å². The predicted octanol–water partition coefficient (Wildman–Crippen LogP) is 4.58. The van der Waals surface area contributed by atoms with Crippen LogP contribution in [0.15, 0.2) is 10.2 Å². The molecule has 6 nitrogen and oxygen atoms in total. The number of hydrogen-bond acceptors (Lipinski definition) is 4. The van der Waals surface area contributed by atoms with Crippen LogP contribution in [0.3, 0.4) is 0 Å². The van der Waals surface area contributed by atoms with E-state index in [-0.39, 0.29) is 12.5 Å². The quantitative estimate of drug-likeness (QED) is 0.612. The Kier molecular flexibility index (Phi) is 10.5. The van der Waals surface area contributed by atoms with Crippen molar-refractivity contribution in [3.8, 4) is 0 Å². The Morgan fingerprint density at radius 1 is 1.00 bits per heavy atom. The topological polar surface area (TPSA) is 77.3 Å². The summed E-state index contributed by atoms with van der Waals surface area (Å²) in [5, 5.41) is 6.33. The molecule has 0 aliphatic rings. The maximum Gasteiger partial charge on any atom is 0.452 e. The second kappa shape index (κ2) is 11.4. The first-order valence-corrected chi connectivity index (χ1v) is 7.24. The third kappa shape index (κ3) is 10.5. The molecule has 0 bridgehead atoms. The number of nitrogens with zero attached hydrogens (tertiary/aromatic N) is 2. The molecule has 0 aliphatic heterocycles. The van der Waals surface area contributed by atoms with Gasteiger partial charge < -0.3 is 9.47 Å². The van der Waals surface area contributed by atoms with E-state index < -0.39 is 12.2 Å². The average molecular weight is 286 g/mol. The van der Waals surface area contributed by atoms with Crippen molar-refractivity contribution in [3.05, 3.63) is 0 Å². The van der Waals surface area contributed by atoms with Gasteiger partial charge in [-0.2, -0.15) is 0 Å². The van der Waals surface area contributed by atoms with Crippen molar-refractivity contribution in [2.45, 2.75) is 53.4 Å². The van der Waals surface area contributed by atoms with E-state index >= 15 is 0 Å². The summed E-state index contributed by atoms with van der Waals surface area (Å²) in [4.78, 5) is 22.4. The highest BCUT2D eigenvalue weighted by Crippen LogP contribution is 2.13. The van der Waals surface area contributed by atoms with Gasteiger partial charge in [-0.05, 0) is 18.3 Å². The molecule has 0 radical (unpaired) electrons. The first-order chi connectivity index (χ1) is 9.49. The molecule has 0 spiro atoms. The molecule has 0 saturated carbocycles. The normalized spacial score (nSPS) is 12.7. The summed E-state index contributed by atoms with van der Waals surface area (Å²) < 4.78 is 9.71. The van der Waals surface area contributed by atoms with Crippen molar-refractivity contribution in [1.29, 1.82) is 0 Å². The highest BCUT2D eigenvalue weighted by molar-refractivity contribution is 5.73. The number of rotatable bonds is 8. The molecule has 0 aliphatic carbocycles. The smallest absolute Gasteiger partial charge is 0.447 e. The molecule has 1 unspecified atom stereocenters. The molecule has 0 fully saturated rings. The van der Waals surface area contributed by atoms with Crippen molar-refractivity contribution in [3.63, 3.8) is 0 Å². The first kappa shape index (κ1) is 18.5. The summed E-state index contributed by atoms with van der Waals surface area (Å²) in [6.45, 7) is 8.55. The summed E-state index contributed by atoms with van der Waals surface area (Å²) >= 11 is 0. The number of azo groups is 1. The molecule has 2 amide bonds. The van der Waals surface area contributed by atoms with Crippen LogP contribution in [-0.4, -0.2) is 25.4 Å². The second-order valence-electron chi connectivity index (χ2n) is 5.16. The minimum Gasteiger partial charge on any atom is -0.447 e. The van der Waals surface area contributed by atoms with E-state index in [2.05, 4.69) is 24.1 Å². The Bertz CT molecular complexity index is 316. The van der Waals surface area contributed by atoms with Crippen LogP contribution in [0.2, 0.25) is 0 Å². The molecule has 0 N–H and O–H groups in total. The molecule has 0 aromatic rings. The van der Waals surface area contributed by atoms with E-state index in [1.165, 1.54) is 0 Å². The lowest BCUT2D eigenvalue weighted by atomic mass is 10.0. The van der Waals surface area contributed by atoms with E-state index in [0.717, 1.165) is 25.7 Å². The molecule has 20 heavy (non-hydrogen) atoms. The zero-order valence-electron chi connectivity index (χ0n) is 12.9. The van der Waals surface area contributed by atoms with Gasteiger partial charge in [0, 0.05) is 0 Å². The number of ether oxygens (including phenoxy) is 2. The first-order valence-electron chi connectivity index (χ1n) is 7.24. The Morgan fingerprint density at radius 2 is 1.55 bits per heavy atom. The van der Waals surface area contributed by atoms with Crippen LogP contribution in [0.25, 0.3) is 0 Å². The van der Waals surface area contributed by atoms with Crippen LogP contribution < -0.4 is 0 Å². The fourth-order valence-corrected chi connectivity index (χ4v) is 1.46. The van der Waals surface area contributed by atoms with Crippen molar-refractivity contribution >= 4 is 12.2 Å². The van der Waals surface area contributed by atoms with E-state index in [9.17, 15) is 9.59 Å². The SMILES string of the molecule is CCCCC(CC)COC(=O)N=NC(=O)OCC(C)C. The number of carbonyl (C=O) groups excluding carboxylic acids is 2. The van der Waals surface area contributed by atoms with Gasteiger partial charge in [-0.3, -0.25) is 0 Å². The molecule has 0 heterocycles. The largest absolute Gasteiger partial charge is 0.452 e. The predicted molar refractivity (Wildman–Crippen MR) is 75.7 cm³/mol. The van der Waals surface area contributed by atoms with Gasteiger partial charge in [-0.25, -0.2) is 9.59 Å². The number of carbonyl (C=O) groups is 2. The van der Waals surface area contributed by atoms with Crippen LogP contribution in [0.5, 0.6) is 0 Å². The second-order valence-corrected chi connectivity index (χ2v) is 5.16. The van der Waals surface area contributed by atoms with Gasteiger partial charge in [-0.15, -0.1) is 0 Å². The molecule has 0 rings (SSSR count). The van der Waals surface area contributed by atoms with Gasteiger partial charge in [0.25, 0.3) is 0 Å². The van der Waals surface area contributed by atoms with Crippen molar-refractivity contribution in [2.75, 3.05) is 13.2 Å². The monoisotopic (exact) mass is 286 g/mol. The Morgan fingerprint density at radius 3 is 2.00 bits per heavy atom. The third-order valence-electron chi connectivity index (χ3n) is 2.74. The molecular formula is C14H26N2O4. The summed E-state index contributed by atoms with van der Waals surface area (Å²) in [6.07, 6.45) is 2.48. The lowest BCUT2D eigenvalue weighted by Crippen LogP contribution is -2.12. The van der Waals surface area contributed by atoms with E-state index in [0.29, 0.717) is 12.5 Å². The molecule has 0 aromatic heterocycles. The van der Waals surface area contributed by atoms with Gasteiger partial charge in [0.15, 0.2) is 0 Å². The summed E-state index contributed by atoms with van der Waals surface area (Å²) in [5.74, 6) is 0.548. The van der Waals surface area contributed by atoms with Gasteiger partial charge in [0.1, 0.15) is 0 Å². The van der Waals surface area contributed by atoms with Crippen LogP contribution in [0.1, 0.15) is 53.4 Å². The van der Waals surface area contributed by atoms with E-state index in [1.54, 1.807) is 0 Å². The van der Waals surface area contributed by atoms with Crippen molar-refractivity contribution < 1.29 is 19.1 Å². The highest BCUT2D eigenvalue weighted by atomic mass is 16.6. The van der Waals surface area contributed by atoms with Gasteiger partial charge >= 0.3 is 12.2 Å². The molecular weight excluding hydrogens is 260 g/mol. The zero-order valence-corrected chi connectivity index (χ0v) is 12.9. The Hall–Kier alpha value is -1.46. The maximum absolute atomic E-state index is 11.3. The number of amides is 2. The minimum absolute atomic E-state index is 0.213. The van der Waals surface area contributed by atoms with Crippen LogP contribution >= 0.6 is 0 Å². The molecule has 116 valence electrons. The third-order valence-corrected chi connectivity index (χ3v) is 2.74. The summed E-state index contributed by atoms with van der Waals surface area (Å²) in [5.41, 5.74) is 0. The zero-order chi connectivity index (χ0) is 15.4. The fourth-order valence-electron chi connectivity index (χ4n) is 1.46. The number of unbranched alkanes of at least 4 members (excludes halogenated alkanes) is 1. The van der Waals surface area contributed by atoms with Crippen LogP contribution in [0, 0.1) is 11.8 Å². The fraction of sp³-hybridized carbons (Fsp3) is 0.857. The molecule has 0 saturated heterocycles. The lowest BCUT2D eigenvalue weighted by Gasteiger charge is -2.12. The van der Waals surface area contributed by atoms with E-state index in [1.807, 2.05) is 13.8 Å². The van der Waals surface area contributed by atoms with E-state index in [4.69, 9.17) is 9.47 Å². The Balaban J connectivity index is 3.93. The standard InChI is InChI=1S/C14H26N2O4/c1-5-7-8-12(6-2)10-20-14(18)16-15-13(17)19-9-11(3)4/h11-12H,5-10H2,1-4H3. The minimum atomic E-state index is -0.867. The molecule has 0 aromatic carbocycles. The van der Waals surface area contributed by atoms with Crippen LogP contribution in [0.4, 0.5) is 9.59 Å².